The van der Waals surface area contributed by atoms with Gasteiger partial charge >= 0.3 is 0 Å². The molecule has 0 bridgehead atoms. The van der Waals surface area contributed by atoms with Gasteiger partial charge < -0.3 is 13.9 Å². The topological polar surface area (TPSA) is 57.8 Å². The fourth-order valence-corrected chi connectivity index (χ4v) is 4.05. The Bertz CT molecular complexity index is 1450. The van der Waals surface area contributed by atoms with Crippen molar-refractivity contribution in [2.24, 2.45) is 0 Å². The molecule has 34 heavy (non-hydrogen) atoms. The van der Waals surface area contributed by atoms with Gasteiger partial charge in [0.25, 0.3) is 0 Å². The van der Waals surface area contributed by atoms with Crippen LogP contribution in [0, 0.1) is 24.4 Å². The SMILES string of the molecule is COc1cc(-c2nnc3n(C(C)c4cc(F)c(F)c(F)c4)cccc2-3)ccc1-n1cnc(C)c1. The first-order chi connectivity index (χ1) is 16.4. The highest BCUT2D eigenvalue weighted by molar-refractivity contribution is 5.80. The lowest BCUT2D eigenvalue weighted by Crippen LogP contribution is -2.11. The van der Waals surface area contributed by atoms with Crippen molar-refractivity contribution in [2.45, 2.75) is 19.9 Å². The predicted molar refractivity (Wildman–Crippen MR) is 121 cm³/mol. The molecule has 9 heteroatoms. The number of methoxy groups -OCH3 is 1. The fourth-order valence-electron chi connectivity index (χ4n) is 4.05. The zero-order valence-corrected chi connectivity index (χ0v) is 18.6. The summed E-state index contributed by atoms with van der Waals surface area (Å²) in [6.07, 6.45) is 5.37. The summed E-state index contributed by atoms with van der Waals surface area (Å²) in [5, 5.41) is 8.72. The van der Waals surface area contributed by atoms with Gasteiger partial charge in [-0.05, 0) is 55.8 Å². The second-order valence-corrected chi connectivity index (χ2v) is 7.98. The van der Waals surface area contributed by atoms with Crippen molar-refractivity contribution >= 4 is 0 Å². The smallest absolute Gasteiger partial charge is 0.194 e. The van der Waals surface area contributed by atoms with Crippen molar-refractivity contribution < 1.29 is 17.9 Å². The Morgan fingerprint density at radius 1 is 1.00 bits per heavy atom. The van der Waals surface area contributed by atoms with Crippen LogP contribution in [0.25, 0.3) is 28.3 Å². The third-order valence-corrected chi connectivity index (χ3v) is 5.84. The summed E-state index contributed by atoms with van der Waals surface area (Å²) >= 11 is 0. The second-order valence-electron chi connectivity index (χ2n) is 7.98. The first kappa shape index (κ1) is 21.7. The van der Waals surface area contributed by atoms with Crippen LogP contribution in [0.5, 0.6) is 5.75 Å². The lowest BCUT2D eigenvalue weighted by atomic mass is 10.0. The van der Waals surface area contributed by atoms with Crippen LogP contribution in [0.15, 0.2) is 61.2 Å². The molecule has 0 N–H and O–H groups in total. The summed E-state index contributed by atoms with van der Waals surface area (Å²) in [5.41, 5.74) is 4.19. The van der Waals surface area contributed by atoms with E-state index >= 15 is 0 Å². The van der Waals surface area contributed by atoms with E-state index in [1.807, 2.05) is 48.0 Å². The molecule has 0 spiro atoms. The standard InChI is InChI=1S/C25H20F3N5O/c1-14-12-32(13-29-14)21-7-6-16(11-22(21)34-3)24-18-5-4-8-33(25(18)31-30-24)15(2)17-9-19(26)23(28)20(27)10-17/h4-13,15H,1-3H3. The molecule has 3 aromatic rings. The molecule has 172 valence electrons. The summed E-state index contributed by atoms with van der Waals surface area (Å²) in [7, 11) is 1.60. The zero-order valence-electron chi connectivity index (χ0n) is 18.6. The minimum Gasteiger partial charge on any atom is -0.495 e. The van der Waals surface area contributed by atoms with Crippen LogP contribution in [0.2, 0.25) is 0 Å². The molecule has 0 saturated carbocycles. The highest BCUT2D eigenvalue weighted by Gasteiger charge is 2.23. The van der Waals surface area contributed by atoms with Gasteiger partial charge in [0, 0.05) is 23.5 Å². The molecule has 5 rings (SSSR count). The van der Waals surface area contributed by atoms with Crippen LogP contribution in [-0.2, 0) is 0 Å². The highest BCUT2D eigenvalue weighted by Crippen LogP contribution is 2.36. The molecule has 2 aromatic carbocycles. The molecule has 0 amide bonds. The largest absolute Gasteiger partial charge is 0.495 e. The Balaban J connectivity index is 1.53. The van der Waals surface area contributed by atoms with E-state index in [0.29, 0.717) is 17.3 Å². The van der Waals surface area contributed by atoms with Crippen LogP contribution in [0.3, 0.4) is 0 Å². The van der Waals surface area contributed by atoms with Gasteiger partial charge in [-0.1, -0.05) is 6.07 Å². The number of halogens is 3. The summed E-state index contributed by atoms with van der Waals surface area (Å²) < 4.78 is 50.3. The van der Waals surface area contributed by atoms with Crippen molar-refractivity contribution in [1.29, 1.82) is 0 Å². The molecular weight excluding hydrogens is 443 g/mol. The Hall–Kier alpha value is -4.14. The Morgan fingerprint density at radius 2 is 1.76 bits per heavy atom. The van der Waals surface area contributed by atoms with E-state index in [1.54, 1.807) is 31.1 Å². The van der Waals surface area contributed by atoms with Gasteiger partial charge in [0.2, 0.25) is 0 Å². The molecular formula is C25H20F3N5O. The van der Waals surface area contributed by atoms with Crippen molar-refractivity contribution in [3.8, 4) is 34.1 Å². The molecule has 1 aromatic heterocycles. The maximum absolute atomic E-state index is 13.8. The number of imidazole rings is 1. The van der Waals surface area contributed by atoms with E-state index in [1.165, 1.54) is 0 Å². The van der Waals surface area contributed by atoms with Crippen LogP contribution >= 0.6 is 0 Å². The first-order valence-corrected chi connectivity index (χ1v) is 10.5. The van der Waals surface area contributed by atoms with Crippen molar-refractivity contribution in [2.75, 3.05) is 7.11 Å². The summed E-state index contributed by atoms with van der Waals surface area (Å²) in [5.74, 6) is -2.78. The summed E-state index contributed by atoms with van der Waals surface area (Å²) in [6, 6.07) is 10.9. The highest BCUT2D eigenvalue weighted by atomic mass is 19.2. The number of hydrogen-bond donors (Lipinski definition) is 0. The monoisotopic (exact) mass is 463 g/mol. The molecule has 6 nitrogen and oxygen atoms in total. The number of nitrogens with zero attached hydrogens (tertiary/aromatic N) is 5. The average Bonchev–Trinajstić information content (AvgIpc) is 3.47. The number of rotatable bonds is 5. The molecule has 2 aliphatic heterocycles. The lowest BCUT2D eigenvalue weighted by Gasteiger charge is -2.20. The van der Waals surface area contributed by atoms with E-state index < -0.39 is 23.5 Å². The summed E-state index contributed by atoms with van der Waals surface area (Å²) in [4.78, 5) is 4.26. The van der Waals surface area contributed by atoms with Gasteiger partial charge in [-0.25, -0.2) is 18.2 Å². The minimum absolute atomic E-state index is 0.278. The van der Waals surface area contributed by atoms with E-state index in [-0.39, 0.29) is 5.56 Å². The van der Waals surface area contributed by atoms with Crippen molar-refractivity contribution in [3.05, 3.63) is 89.9 Å². The molecule has 0 saturated heterocycles. The maximum atomic E-state index is 13.8. The lowest BCUT2D eigenvalue weighted by molar-refractivity contribution is 0.413. The number of aromatic nitrogens is 5. The van der Waals surface area contributed by atoms with Crippen molar-refractivity contribution in [3.63, 3.8) is 0 Å². The molecule has 1 unspecified atom stereocenters. The van der Waals surface area contributed by atoms with E-state index in [4.69, 9.17) is 4.74 Å². The normalized spacial score (nSPS) is 12.3. The van der Waals surface area contributed by atoms with Gasteiger partial charge in [0.15, 0.2) is 23.3 Å². The van der Waals surface area contributed by atoms with Crippen LogP contribution in [-0.4, -0.2) is 31.4 Å². The van der Waals surface area contributed by atoms with E-state index in [0.717, 1.165) is 34.6 Å². The van der Waals surface area contributed by atoms with Crippen LogP contribution in [0.4, 0.5) is 13.2 Å². The Morgan fingerprint density at radius 3 is 2.44 bits per heavy atom. The number of fused-ring (bicyclic) bond motifs is 1. The maximum Gasteiger partial charge on any atom is 0.194 e. The van der Waals surface area contributed by atoms with Gasteiger partial charge in [-0.2, -0.15) is 0 Å². The van der Waals surface area contributed by atoms with E-state index in [9.17, 15) is 13.2 Å². The molecule has 0 radical (unpaired) electrons. The van der Waals surface area contributed by atoms with Gasteiger partial charge in [0.05, 0.1) is 30.9 Å². The quantitative estimate of drug-likeness (QED) is 0.320. The van der Waals surface area contributed by atoms with Gasteiger partial charge in [-0.3, -0.25) is 0 Å². The number of ether oxygens (including phenoxy) is 1. The average molecular weight is 463 g/mol. The number of benzene rings is 2. The number of hydrogen-bond acceptors (Lipinski definition) is 4. The fraction of sp³-hybridized carbons (Fsp3) is 0.160. The van der Waals surface area contributed by atoms with E-state index in [2.05, 4.69) is 15.2 Å². The van der Waals surface area contributed by atoms with Gasteiger partial charge in [0.1, 0.15) is 11.4 Å². The Kier molecular flexibility index (Phi) is 5.31. The minimum atomic E-state index is -1.49. The number of aryl methyl sites for hydroxylation is 1. The van der Waals surface area contributed by atoms with Gasteiger partial charge in [-0.15, -0.1) is 10.2 Å². The Labute approximate surface area is 193 Å². The molecule has 2 aliphatic rings. The zero-order chi connectivity index (χ0) is 24.0. The third-order valence-electron chi connectivity index (χ3n) is 5.84. The first-order valence-electron chi connectivity index (χ1n) is 10.5. The predicted octanol–water partition coefficient (Wildman–Crippen LogP) is 5.58. The molecule has 1 atom stereocenters. The molecule has 0 fully saturated rings. The second kappa shape index (κ2) is 8.33. The molecule has 3 heterocycles. The summed E-state index contributed by atoms with van der Waals surface area (Å²) in [6.45, 7) is 3.67. The third kappa shape index (κ3) is 3.59. The van der Waals surface area contributed by atoms with Crippen LogP contribution in [0.1, 0.15) is 24.2 Å². The molecule has 0 aliphatic carbocycles. The number of pyridine rings is 1. The van der Waals surface area contributed by atoms with Crippen LogP contribution < -0.4 is 4.74 Å². The van der Waals surface area contributed by atoms with Crippen molar-refractivity contribution in [1.82, 2.24) is 24.3 Å².